The van der Waals surface area contributed by atoms with Crippen molar-refractivity contribution in [1.82, 2.24) is 0 Å². The molecule has 0 aromatic carbocycles. The lowest BCUT2D eigenvalue weighted by molar-refractivity contribution is -0.424. The number of hydrogen-bond donors (Lipinski definition) is 1. The van der Waals surface area contributed by atoms with Gasteiger partial charge in [0.1, 0.15) is 11.7 Å². The van der Waals surface area contributed by atoms with Crippen LogP contribution in [0.2, 0.25) is 0 Å². The molecule has 0 radical (unpaired) electrons. The molecule has 26 heavy (non-hydrogen) atoms. The topological polar surface area (TPSA) is 55.8 Å². The van der Waals surface area contributed by atoms with Crippen LogP contribution in [0.4, 0.5) is 0 Å². The zero-order valence-corrected chi connectivity index (χ0v) is 17.8. The van der Waals surface area contributed by atoms with Crippen LogP contribution in [0, 0.1) is 17.8 Å². The third-order valence-corrected chi connectivity index (χ3v) is 6.50. The summed E-state index contributed by atoms with van der Waals surface area (Å²) in [5, 5.41) is 9.11. The first-order valence-electron chi connectivity index (χ1n) is 11.0. The summed E-state index contributed by atoms with van der Waals surface area (Å²) in [4.78, 5) is 22.7. The largest absolute Gasteiger partial charge is 0.481 e. The Morgan fingerprint density at radius 2 is 1.85 bits per heavy atom. The molecule has 154 valence electrons. The van der Waals surface area contributed by atoms with Gasteiger partial charge < -0.3 is 5.11 Å². The van der Waals surface area contributed by atoms with Gasteiger partial charge in [0.2, 0.25) is 0 Å². The molecule has 0 aromatic heterocycles. The minimum absolute atomic E-state index is 0.0322. The number of aliphatic carboxylic acids is 1. The molecular formula is C22H42O4. The number of carboxylic acids is 1. The van der Waals surface area contributed by atoms with E-state index in [1.54, 1.807) is 0 Å². The molecule has 4 heteroatoms. The molecule has 0 saturated carbocycles. The van der Waals surface area contributed by atoms with Crippen molar-refractivity contribution in [2.24, 2.45) is 17.8 Å². The van der Waals surface area contributed by atoms with E-state index >= 15 is 0 Å². The number of unbranched alkanes of at least 4 members (excludes halogenated alkanes) is 1. The molecule has 1 saturated heterocycles. The second-order valence-electron chi connectivity index (χ2n) is 8.36. The van der Waals surface area contributed by atoms with E-state index in [1.807, 2.05) is 0 Å². The van der Waals surface area contributed by atoms with Crippen molar-refractivity contribution in [1.29, 1.82) is 0 Å². The fourth-order valence-electron chi connectivity index (χ4n) is 4.50. The molecule has 0 aliphatic carbocycles. The molecule has 1 aliphatic heterocycles. The maximum atomic E-state index is 11.1. The summed E-state index contributed by atoms with van der Waals surface area (Å²) in [5.74, 6) is 0.905. The predicted octanol–water partition coefficient (Wildman–Crippen LogP) is 6.38. The van der Waals surface area contributed by atoms with Crippen LogP contribution in [0.25, 0.3) is 0 Å². The molecule has 0 aromatic rings. The van der Waals surface area contributed by atoms with E-state index in [9.17, 15) is 4.79 Å². The fourth-order valence-corrected chi connectivity index (χ4v) is 4.50. The van der Waals surface area contributed by atoms with Crippen molar-refractivity contribution in [2.75, 3.05) is 0 Å². The van der Waals surface area contributed by atoms with Gasteiger partial charge in [-0.15, -0.1) is 0 Å². The summed E-state index contributed by atoms with van der Waals surface area (Å²) >= 11 is 0. The lowest BCUT2D eigenvalue weighted by Gasteiger charge is -2.44. The zero-order chi connectivity index (χ0) is 19.6. The second-order valence-corrected chi connectivity index (χ2v) is 8.36. The highest BCUT2D eigenvalue weighted by Gasteiger charge is 2.43. The Labute approximate surface area is 161 Å². The minimum atomic E-state index is -0.811. The van der Waals surface area contributed by atoms with Gasteiger partial charge in [-0.2, -0.15) is 0 Å². The van der Waals surface area contributed by atoms with E-state index in [0.29, 0.717) is 5.92 Å². The van der Waals surface area contributed by atoms with Gasteiger partial charge in [-0.05, 0) is 43.4 Å². The summed E-state index contributed by atoms with van der Waals surface area (Å²) < 4.78 is 0. The molecule has 0 amide bonds. The maximum Gasteiger partial charge on any atom is 0.306 e. The quantitative estimate of drug-likeness (QED) is 0.382. The van der Waals surface area contributed by atoms with Crippen LogP contribution in [0.1, 0.15) is 105 Å². The Morgan fingerprint density at radius 1 is 1.15 bits per heavy atom. The zero-order valence-electron chi connectivity index (χ0n) is 17.8. The second kappa shape index (κ2) is 12.0. The predicted molar refractivity (Wildman–Crippen MR) is 106 cm³/mol. The monoisotopic (exact) mass is 370 g/mol. The lowest BCUT2D eigenvalue weighted by atomic mass is 9.74. The van der Waals surface area contributed by atoms with Crippen molar-refractivity contribution in [2.45, 2.75) is 117 Å². The van der Waals surface area contributed by atoms with Crippen molar-refractivity contribution in [3.05, 3.63) is 0 Å². The first-order valence-corrected chi connectivity index (χ1v) is 11.0. The Bertz CT molecular complexity index is 398. The number of rotatable bonds is 13. The molecule has 1 rings (SSSR count). The average Bonchev–Trinajstić information content (AvgIpc) is 2.65. The number of hydrogen-bond acceptors (Lipinski definition) is 3. The van der Waals surface area contributed by atoms with Gasteiger partial charge >= 0.3 is 5.97 Å². The van der Waals surface area contributed by atoms with Crippen molar-refractivity contribution >= 4 is 5.97 Å². The van der Waals surface area contributed by atoms with Gasteiger partial charge in [-0.25, -0.2) is 9.78 Å². The van der Waals surface area contributed by atoms with E-state index in [4.69, 9.17) is 14.9 Å². The van der Waals surface area contributed by atoms with Gasteiger partial charge in [0.05, 0.1) is 6.42 Å². The van der Waals surface area contributed by atoms with Gasteiger partial charge in [0, 0.05) is 0 Å². The SMILES string of the molecule is CCCC[C@H](CC)C[C@H](CC)C[C@@]1(CC)C[C@H](CC)[C@H](CC(=O)O)OO1. The van der Waals surface area contributed by atoms with Gasteiger partial charge in [0.25, 0.3) is 0 Å². The van der Waals surface area contributed by atoms with E-state index in [0.717, 1.165) is 31.6 Å². The van der Waals surface area contributed by atoms with Crippen LogP contribution in [-0.2, 0) is 14.6 Å². The maximum absolute atomic E-state index is 11.1. The molecule has 1 heterocycles. The average molecular weight is 371 g/mol. The summed E-state index contributed by atoms with van der Waals surface area (Å²) in [6.45, 7) is 11.2. The van der Waals surface area contributed by atoms with Crippen LogP contribution in [0.5, 0.6) is 0 Å². The molecule has 0 bridgehead atoms. The van der Waals surface area contributed by atoms with Gasteiger partial charge in [-0.1, -0.05) is 73.1 Å². The highest BCUT2D eigenvalue weighted by Crippen LogP contribution is 2.42. The van der Waals surface area contributed by atoms with Gasteiger partial charge in [0.15, 0.2) is 0 Å². The third kappa shape index (κ3) is 7.19. The normalized spacial score (nSPS) is 28.7. The van der Waals surface area contributed by atoms with Crippen molar-refractivity contribution < 1.29 is 19.7 Å². The summed E-state index contributed by atoms with van der Waals surface area (Å²) in [7, 11) is 0. The summed E-state index contributed by atoms with van der Waals surface area (Å²) in [5.41, 5.74) is -0.251. The van der Waals surface area contributed by atoms with Crippen LogP contribution in [-0.4, -0.2) is 22.8 Å². The molecule has 1 aliphatic rings. The lowest BCUT2D eigenvalue weighted by Crippen LogP contribution is -2.46. The minimum Gasteiger partial charge on any atom is -0.481 e. The molecule has 0 unspecified atom stereocenters. The van der Waals surface area contributed by atoms with Crippen LogP contribution < -0.4 is 0 Å². The van der Waals surface area contributed by atoms with Crippen molar-refractivity contribution in [3.63, 3.8) is 0 Å². The smallest absolute Gasteiger partial charge is 0.306 e. The third-order valence-electron chi connectivity index (χ3n) is 6.50. The van der Waals surface area contributed by atoms with E-state index in [1.165, 1.54) is 38.5 Å². The summed E-state index contributed by atoms with van der Waals surface area (Å²) in [6, 6.07) is 0. The van der Waals surface area contributed by atoms with Crippen LogP contribution in [0.15, 0.2) is 0 Å². The molecule has 1 N–H and O–H groups in total. The number of carbonyl (C=O) groups is 1. The van der Waals surface area contributed by atoms with Crippen LogP contribution >= 0.6 is 0 Å². The Hall–Kier alpha value is -0.610. The Kier molecular flexibility index (Phi) is 10.8. The molecular weight excluding hydrogens is 328 g/mol. The first kappa shape index (κ1) is 23.4. The molecule has 5 atom stereocenters. The van der Waals surface area contributed by atoms with E-state index in [-0.39, 0.29) is 24.0 Å². The highest BCUT2D eigenvalue weighted by molar-refractivity contribution is 5.67. The van der Waals surface area contributed by atoms with Crippen LogP contribution in [0.3, 0.4) is 0 Å². The number of carboxylic acid groups (broad SMARTS) is 1. The van der Waals surface area contributed by atoms with E-state index < -0.39 is 5.97 Å². The molecule has 0 spiro atoms. The Balaban J connectivity index is 2.74. The Morgan fingerprint density at radius 3 is 2.35 bits per heavy atom. The first-order chi connectivity index (χ1) is 12.4. The van der Waals surface area contributed by atoms with E-state index in [2.05, 4.69) is 34.6 Å². The summed E-state index contributed by atoms with van der Waals surface area (Å²) in [6.07, 6.45) is 11.1. The molecule has 4 nitrogen and oxygen atoms in total. The standard InChI is InChI=1S/C22H42O4/c1-6-11-12-17(7-2)13-18(8-3)15-22(10-5)16-19(9-4)20(25-26-22)14-21(23)24/h17-20H,6-16H2,1-5H3,(H,23,24)/t17-,18-,19-,20-,22-/m0/s1. The van der Waals surface area contributed by atoms with Gasteiger partial charge in [-0.3, -0.25) is 4.79 Å². The highest BCUT2D eigenvalue weighted by atomic mass is 17.2. The van der Waals surface area contributed by atoms with Crippen molar-refractivity contribution in [3.8, 4) is 0 Å². The molecule has 1 fully saturated rings. The fraction of sp³-hybridized carbons (Fsp3) is 0.955.